The lowest BCUT2D eigenvalue weighted by atomic mass is 9.86. The molecule has 2 rings (SSSR count). The van der Waals surface area contributed by atoms with Gasteiger partial charge in [-0.15, -0.1) is 0 Å². The summed E-state index contributed by atoms with van der Waals surface area (Å²) < 4.78 is 4.72. The maximum atomic E-state index is 12.6. The highest BCUT2D eigenvalue weighted by molar-refractivity contribution is 6.06. The molecule has 0 amide bonds. The van der Waals surface area contributed by atoms with E-state index >= 15 is 0 Å². The Morgan fingerprint density at radius 1 is 0.958 bits per heavy atom. The van der Waals surface area contributed by atoms with Crippen molar-refractivity contribution in [2.24, 2.45) is 0 Å². The van der Waals surface area contributed by atoms with Crippen LogP contribution in [0.15, 0.2) is 24.3 Å². The third kappa shape index (κ3) is 3.50. The molecule has 0 atom stereocenters. The number of hydrogen-bond acceptors (Lipinski definition) is 5. The highest BCUT2D eigenvalue weighted by Gasteiger charge is 2.21. The number of ketones is 1. The lowest BCUT2D eigenvalue weighted by Crippen LogP contribution is -2.16. The largest absolute Gasteiger partial charge is 0.465 e. The first-order chi connectivity index (χ1) is 11.1. The number of aromatic nitrogens is 2. The van der Waals surface area contributed by atoms with Crippen molar-refractivity contribution in [1.29, 1.82) is 0 Å². The number of ether oxygens (including phenoxy) is 1. The number of benzene rings is 1. The molecule has 0 N–H and O–H groups in total. The molecule has 24 heavy (non-hydrogen) atoms. The van der Waals surface area contributed by atoms with E-state index < -0.39 is 5.97 Å². The summed E-state index contributed by atoms with van der Waals surface area (Å²) in [4.78, 5) is 32.7. The van der Waals surface area contributed by atoms with Gasteiger partial charge in [-0.3, -0.25) is 4.79 Å². The van der Waals surface area contributed by atoms with Crippen LogP contribution in [0.1, 0.15) is 64.3 Å². The van der Waals surface area contributed by atoms with Gasteiger partial charge in [0.15, 0.2) is 0 Å². The van der Waals surface area contributed by atoms with E-state index in [9.17, 15) is 9.59 Å². The Morgan fingerprint density at radius 2 is 1.46 bits per heavy atom. The van der Waals surface area contributed by atoms with Crippen LogP contribution in [0.2, 0.25) is 0 Å². The zero-order valence-corrected chi connectivity index (χ0v) is 14.9. The predicted molar refractivity (Wildman–Crippen MR) is 91.4 cm³/mol. The molecular formula is C19H22N2O3. The molecule has 0 saturated heterocycles. The Balaban J connectivity index is 2.38. The Hall–Kier alpha value is -2.56. The van der Waals surface area contributed by atoms with Crippen LogP contribution in [0.3, 0.4) is 0 Å². The molecule has 0 saturated carbocycles. The number of hydrogen-bond donors (Lipinski definition) is 0. The molecule has 0 bridgehead atoms. The molecule has 0 fully saturated rings. The van der Waals surface area contributed by atoms with Crippen molar-refractivity contribution >= 4 is 11.8 Å². The second-order valence-electron chi connectivity index (χ2n) is 6.74. The van der Waals surface area contributed by atoms with E-state index in [2.05, 4.69) is 30.7 Å². The summed E-state index contributed by atoms with van der Waals surface area (Å²) in [5, 5.41) is 0. The van der Waals surface area contributed by atoms with Crippen molar-refractivity contribution in [2.75, 3.05) is 7.11 Å². The van der Waals surface area contributed by atoms with E-state index in [4.69, 9.17) is 4.74 Å². The quantitative estimate of drug-likeness (QED) is 0.638. The number of carbonyl (C=O) groups excluding carboxylic acids is 2. The van der Waals surface area contributed by atoms with Gasteiger partial charge < -0.3 is 4.74 Å². The standard InChI is InChI=1S/C19H22N2O3/c1-11-15(18(23)24-6)12(2)21-17(20-11)16(22)13-7-9-14(10-8-13)19(3,4)5/h7-10H,1-6H3. The van der Waals surface area contributed by atoms with E-state index in [1.807, 2.05) is 12.1 Å². The normalized spacial score (nSPS) is 11.2. The molecule has 0 aliphatic heterocycles. The van der Waals surface area contributed by atoms with Crippen molar-refractivity contribution in [1.82, 2.24) is 9.97 Å². The first-order valence-electron chi connectivity index (χ1n) is 7.74. The summed E-state index contributed by atoms with van der Waals surface area (Å²) in [6.07, 6.45) is 0. The minimum atomic E-state index is -0.501. The number of esters is 1. The van der Waals surface area contributed by atoms with Crippen molar-refractivity contribution < 1.29 is 14.3 Å². The van der Waals surface area contributed by atoms with Gasteiger partial charge in [-0.25, -0.2) is 14.8 Å². The molecule has 0 radical (unpaired) electrons. The van der Waals surface area contributed by atoms with Crippen LogP contribution in [0.4, 0.5) is 0 Å². The van der Waals surface area contributed by atoms with Crippen LogP contribution in [-0.2, 0) is 10.2 Å². The van der Waals surface area contributed by atoms with E-state index in [0.717, 1.165) is 5.56 Å². The molecule has 0 unspecified atom stereocenters. The highest BCUT2D eigenvalue weighted by Crippen LogP contribution is 2.23. The number of nitrogens with zero attached hydrogens (tertiary/aromatic N) is 2. The van der Waals surface area contributed by atoms with Gasteiger partial charge in [0.05, 0.1) is 18.5 Å². The first-order valence-corrected chi connectivity index (χ1v) is 7.74. The van der Waals surface area contributed by atoms with Crippen LogP contribution in [0, 0.1) is 13.8 Å². The smallest absolute Gasteiger partial charge is 0.341 e. The number of carbonyl (C=O) groups is 2. The van der Waals surface area contributed by atoms with Crippen molar-refractivity contribution in [3.63, 3.8) is 0 Å². The summed E-state index contributed by atoms with van der Waals surface area (Å²) in [5.41, 5.74) is 2.86. The average Bonchev–Trinajstić information content (AvgIpc) is 2.52. The lowest BCUT2D eigenvalue weighted by Gasteiger charge is -2.18. The summed E-state index contributed by atoms with van der Waals surface area (Å²) in [6, 6.07) is 7.45. The summed E-state index contributed by atoms with van der Waals surface area (Å²) >= 11 is 0. The minimum absolute atomic E-state index is 0.0212. The van der Waals surface area contributed by atoms with Gasteiger partial charge >= 0.3 is 5.97 Å². The molecule has 126 valence electrons. The van der Waals surface area contributed by atoms with Crippen LogP contribution in [0.25, 0.3) is 0 Å². The third-order valence-electron chi connectivity index (χ3n) is 3.88. The molecule has 0 aliphatic carbocycles. The minimum Gasteiger partial charge on any atom is -0.465 e. The molecule has 5 heteroatoms. The van der Waals surface area contributed by atoms with Crippen LogP contribution in [0.5, 0.6) is 0 Å². The van der Waals surface area contributed by atoms with Gasteiger partial charge in [-0.1, -0.05) is 45.0 Å². The fraction of sp³-hybridized carbons (Fsp3) is 0.368. The number of rotatable bonds is 3. The molecule has 0 spiro atoms. The second-order valence-corrected chi connectivity index (χ2v) is 6.74. The number of aryl methyl sites for hydroxylation is 2. The maximum Gasteiger partial charge on any atom is 0.341 e. The Bertz CT molecular complexity index is 764. The lowest BCUT2D eigenvalue weighted by molar-refractivity contribution is 0.0597. The van der Waals surface area contributed by atoms with E-state index in [1.54, 1.807) is 26.0 Å². The maximum absolute atomic E-state index is 12.6. The van der Waals surface area contributed by atoms with Gasteiger partial charge in [0.2, 0.25) is 11.6 Å². The van der Waals surface area contributed by atoms with Gasteiger partial charge in [0, 0.05) is 5.56 Å². The number of methoxy groups -OCH3 is 1. The molecule has 1 aromatic heterocycles. The van der Waals surface area contributed by atoms with E-state index in [1.165, 1.54) is 7.11 Å². The average molecular weight is 326 g/mol. The van der Waals surface area contributed by atoms with Crippen LogP contribution >= 0.6 is 0 Å². The van der Waals surface area contributed by atoms with Crippen molar-refractivity contribution in [3.05, 3.63) is 58.2 Å². The summed E-state index contributed by atoms with van der Waals surface area (Å²) in [6.45, 7) is 9.68. The summed E-state index contributed by atoms with van der Waals surface area (Å²) in [5.74, 6) is -0.683. The predicted octanol–water partition coefficient (Wildman–Crippen LogP) is 3.41. The molecular weight excluding hydrogens is 304 g/mol. The fourth-order valence-electron chi connectivity index (χ4n) is 2.47. The monoisotopic (exact) mass is 326 g/mol. The van der Waals surface area contributed by atoms with Gasteiger partial charge in [-0.05, 0) is 24.8 Å². The Kier molecular flexibility index (Phi) is 4.83. The molecule has 5 nitrogen and oxygen atoms in total. The second kappa shape index (κ2) is 6.51. The zero-order valence-electron chi connectivity index (χ0n) is 14.9. The van der Waals surface area contributed by atoms with Gasteiger partial charge in [-0.2, -0.15) is 0 Å². The van der Waals surface area contributed by atoms with E-state index in [-0.39, 0.29) is 17.0 Å². The molecule has 0 aliphatic rings. The SMILES string of the molecule is COC(=O)c1c(C)nc(C(=O)c2ccc(C(C)(C)C)cc2)nc1C. The third-order valence-corrected chi connectivity index (χ3v) is 3.88. The summed E-state index contributed by atoms with van der Waals surface area (Å²) in [7, 11) is 1.30. The Labute approximate surface area is 142 Å². The van der Waals surface area contributed by atoms with Crippen molar-refractivity contribution in [3.8, 4) is 0 Å². The van der Waals surface area contributed by atoms with E-state index in [0.29, 0.717) is 22.5 Å². The van der Waals surface area contributed by atoms with Gasteiger partial charge in [0.1, 0.15) is 5.56 Å². The van der Waals surface area contributed by atoms with Crippen LogP contribution in [-0.4, -0.2) is 28.8 Å². The van der Waals surface area contributed by atoms with Gasteiger partial charge in [0.25, 0.3) is 0 Å². The highest BCUT2D eigenvalue weighted by atomic mass is 16.5. The topological polar surface area (TPSA) is 69.2 Å². The molecule has 1 heterocycles. The van der Waals surface area contributed by atoms with Crippen LogP contribution < -0.4 is 0 Å². The zero-order chi connectivity index (χ0) is 18.1. The molecule has 1 aromatic carbocycles. The molecule has 2 aromatic rings. The first kappa shape index (κ1) is 17.8. The van der Waals surface area contributed by atoms with Crippen molar-refractivity contribution in [2.45, 2.75) is 40.0 Å². The fourth-order valence-corrected chi connectivity index (χ4v) is 2.47. The Morgan fingerprint density at radius 3 is 1.88 bits per heavy atom.